The van der Waals surface area contributed by atoms with Crippen LogP contribution in [0, 0.1) is 20.8 Å². The number of amides is 1. The molecule has 0 spiro atoms. The number of anilines is 1. The Bertz CT molecular complexity index is 1050. The molecule has 3 aromatic rings. The Balaban J connectivity index is 1.66. The van der Waals surface area contributed by atoms with Crippen molar-refractivity contribution in [2.75, 3.05) is 25.5 Å². The largest absolute Gasteiger partial charge is 0.362 e. The summed E-state index contributed by atoms with van der Waals surface area (Å²) >= 11 is 0. The highest BCUT2D eigenvalue weighted by Crippen LogP contribution is 2.27. The molecule has 27 heavy (non-hydrogen) atoms. The lowest BCUT2D eigenvalue weighted by atomic mass is 10.0. The third-order valence-corrected chi connectivity index (χ3v) is 5.42. The molecule has 6 nitrogen and oxygen atoms in total. The molecule has 0 saturated heterocycles. The maximum absolute atomic E-state index is 13.1. The van der Waals surface area contributed by atoms with E-state index in [0.29, 0.717) is 13.1 Å². The molecule has 6 heteroatoms. The van der Waals surface area contributed by atoms with Crippen LogP contribution in [0.1, 0.15) is 38.7 Å². The summed E-state index contributed by atoms with van der Waals surface area (Å²) in [5.74, 6) is 1.76. The standard InChI is InChI=1S/C21H25N5O/c1-12-13(2)22-18-7-6-15(10-17(12)18)21(27)26-9-8-16-19(11-26)23-14(3)24-20(16)25(4)5/h6-7,10,22H,8-9,11H2,1-5H3. The predicted molar refractivity (Wildman–Crippen MR) is 107 cm³/mol. The second-order valence-corrected chi connectivity index (χ2v) is 7.53. The average Bonchev–Trinajstić information content (AvgIpc) is 2.93. The van der Waals surface area contributed by atoms with Gasteiger partial charge in [-0.2, -0.15) is 0 Å². The van der Waals surface area contributed by atoms with E-state index in [2.05, 4.69) is 28.8 Å². The second-order valence-electron chi connectivity index (χ2n) is 7.53. The van der Waals surface area contributed by atoms with Gasteiger partial charge in [0.2, 0.25) is 0 Å². The molecule has 0 bridgehead atoms. The average molecular weight is 363 g/mol. The van der Waals surface area contributed by atoms with Crippen LogP contribution in [0.25, 0.3) is 10.9 Å². The van der Waals surface area contributed by atoms with Crippen molar-refractivity contribution in [3.05, 3.63) is 52.1 Å². The van der Waals surface area contributed by atoms with Gasteiger partial charge in [0.25, 0.3) is 5.91 Å². The van der Waals surface area contributed by atoms with Gasteiger partial charge in [-0.25, -0.2) is 9.97 Å². The smallest absolute Gasteiger partial charge is 0.254 e. The molecule has 1 N–H and O–H groups in total. The SMILES string of the molecule is Cc1nc2c(c(N(C)C)n1)CCN(C(=O)c1ccc3[nH]c(C)c(C)c3c1)C2. The van der Waals surface area contributed by atoms with Crippen LogP contribution in [-0.4, -0.2) is 46.4 Å². The summed E-state index contributed by atoms with van der Waals surface area (Å²) in [5.41, 5.74) is 6.26. The highest BCUT2D eigenvalue weighted by Gasteiger charge is 2.26. The lowest BCUT2D eigenvalue weighted by molar-refractivity contribution is 0.0732. The van der Waals surface area contributed by atoms with E-state index in [4.69, 9.17) is 0 Å². The normalized spacial score (nSPS) is 13.7. The van der Waals surface area contributed by atoms with Crippen LogP contribution < -0.4 is 4.90 Å². The summed E-state index contributed by atoms with van der Waals surface area (Å²) in [4.78, 5) is 29.6. The molecule has 1 aliphatic rings. The van der Waals surface area contributed by atoms with Crippen molar-refractivity contribution in [2.24, 2.45) is 0 Å². The van der Waals surface area contributed by atoms with Crippen LogP contribution in [0.2, 0.25) is 0 Å². The Kier molecular flexibility index (Phi) is 4.13. The third kappa shape index (κ3) is 2.95. The number of aryl methyl sites for hydroxylation is 3. The molecule has 3 heterocycles. The molecular weight excluding hydrogens is 338 g/mol. The molecule has 1 aromatic carbocycles. The molecule has 1 aliphatic heterocycles. The Hall–Kier alpha value is -2.89. The van der Waals surface area contributed by atoms with E-state index in [9.17, 15) is 4.79 Å². The number of benzene rings is 1. The summed E-state index contributed by atoms with van der Waals surface area (Å²) in [6.45, 7) is 7.26. The summed E-state index contributed by atoms with van der Waals surface area (Å²) in [5, 5.41) is 1.11. The number of carbonyl (C=O) groups is 1. The molecule has 0 fully saturated rings. The number of fused-ring (bicyclic) bond motifs is 2. The summed E-state index contributed by atoms with van der Waals surface area (Å²) in [7, 11) is 3.99. The zero-order chi connectivity index (χ0) is 19.3. The number of carbonyl (C=O) groups excluding carboxylic acids is 1. The van der Waals surface area contributed by atoms with Gasteiger partial charge >= 0.3 is 0 Å². The van der Waals surface area contributed by atoms with Gasteiger partial charge in [0.1, 0.15) is 11.6 Å². The molecule has 0 atom stereocenters. The van der Waals surface area contributed by atoms with Gasteiger partial charge in [0, 0.05) is 48.4 Å². The van der Waals surface area contributed by atoms with Crippen molar-refractivity contribution in [1.82, 2.24) is 19.9 Å². The minimum Gasteiger partial charge on any atom is -0.362 e. The second kappa shape index (κ2) is 6.37. The van der Waals surface area contributed by atoms with Crippen LogP contribution in [0.3, 0.4) is 0 Å². The van der Waals surface area contributed by atoms with Crippen LogP contribution in [0.5, 0.6) is 0 Å². The van der Waals surface area contributed by atoms with Gasteiger partial charge in [-0.1, -0.05) is 0 Å². The van der Waals surface area contributed by atoms with Gasteiger partial charge in [0.05, 0.1) is 12.2 Å². The maximum Gasteiger partial charge on any atom is 0.254 e. The van der Waals surface area contributed by atoms with E-state index in [1.165, 1.54) is 5.56 Å². The summed E-state index contributed by atoms with van der Waals surface area (Å²) < 4.78 is 0. The van der Waals surface area contributed by atoms with Crippen molar-refractivity contribution in [3.8, 4) is 0 Å². The monoisotopic (exact) mass is 363 g/mol. The van der Waals surface area contributed by atoms with Crippen LogP contribution in [0.15, 0.2) is 18.2 Å². The Labute approximate surface area is 159 Å². The first-order valence-electron chi connectivity index (χ1n) is 9.27. The molecule has 2 aromatic heterocycles. The topological polar surface area (TPSA) is 65.1 Å². The first kappa shape index (κ1) is 17.5. The first-order chi connectivity index (χ1) is 12.8. The quantitative estimate of drug-likeness (QED) is 0.760. The molecule has 0 unspecified atom stereocenters. The number of H-pyrrole nitrogens is 1. The van der Waals surface area contributed by atoms with Crippen LogP contribution >= 0.6 is 0 Å². The number of aromatic amines is 1. The molecule has 140 valence electrons. The number of aromatic nitrogens is 3. The summed E-state index contributed by atoms with van der Waals surface area (Å²) in [6, 6.07) is 5.91. The summed E-state index contributed by atoms with van der Waals surface area (Å²) in [6.07, 6.45) is 0.777. The Morgan fingerprint density at radius 2 is 1.96 bits per heavy atom. The highest BCUT2D eigenvalue weighted by atomic mass is 16.2. The van der Waals surface area contributed by atoms with Crippen molar-refractivity contribution in [3.63, 3.8) is 0 Å². The van der Waals surface area contributed by atoms with Crippen LogP contribution in [0.4, 0.5) is 5.82 Å². The fraction of sp³-hybridized carbons (Fsp3) is 0.381. The third-order valence-electron chi connectivity index (χ3n) is 5.42. The minimum atomic E-state index is 0.0588. The Morgan fingerprint density at radius 1 is 1.19 bits per heavy atom. The van der Waals surface area contributed by atoms with Gasteiger partial charge in [-0.3, -0.25) is 4.79 Å². The van der Waals surface area contributed by atoms with E-state index < -0.39 is 0 Å². The zero-order valence-electron chi connectivity index (χ0n) is 16.6. The predicted octanol–water partition coefficient (Wildman–Crippen LogP) is 3.15. The van der Waals surface area contributed by atoms with E-state index >= 15 is 0 Å². The number of hydrogen-bond acceptors (Lipinski definition) is 4. The maximum atomic E-state index is 13.1. The molecular formula is C21H25N5O. The van der Waals surface area contributed by atoms with Crippen LogP contribution in [-0.2, 0) is 13.0 Å². The van der Waals surface area contributed by atoms with Crippen molar-refractivity contribution >= 4 is 22.6 Å². The van der Waals surface area contributed by atoms with Crippen molar-refractivity contribution in [1.29, 1.82) is 0 Å². The van der Waals surface area contributed by atoms with Gasteiger partial charge in [0.15, 0.2) is 0 Å². The van der Waals surface area contributed by atoms with Gasteiger partial charge in [-0.15, -0.1) is 0 Å². The number of hydrogen-bond donors (Lipinski definition) is 1. The van der Waals surface area contributed by atoms with E-state index in [-0.39, 0.29) is 5.91 Å². The van der Waals surface area contributed by atoms with Crippen molar-refractivity contribution < 1.29 is 4.79 Å². The fourth-order valence-electron chi connectivity index (χ4n) is 3.85. The Morgan fingerprint density at radius 3 is 2.70 bits per heavy atom. The lowest BCUT2D eigenvalue weighted by Crippen LogP contribution is -2.37. The number of rotatable bonds is 2. The molecule has 1 amide bonds. The highest BCUT2D eigenvalue weighted by molar-refractivity contribution is 5.99. The van der Waals surface area contributed by atoms with Gasteiger partial charge in [-0.05, 0) is 51.0 Å². The number of nitrogens with zero attached hydrogens (tertiary/aromatic N) is 4. The first-order valence-corrected chi connectivity index (χ1v) is 9.27. The zero-order valence-corrected chi connectivity index (χ0v) is 16.6. The minimum absolute atomic E-state index is 0.0588. The fourth-order valence-corrected chi connectivity index (χ4v) is 3.85. The molecule has 0 saturated carbocycles. The lowest BCUT2D eigenvalue weighted by Gasteiger charge is -2.30. The van der Waals surface area contributed by atoms with Crippen molar-refractivity contribution in [2.45, 2.75) is 33.7 Å². The molecule has 4 rings (SSSR count). The van der Waals surface area contributed by atoms with Gasteiger partial charge < -0.3 is 14.8 Å². The van der Waals surface area contributed by atoms with E-state index in [0.717, 1.165) is 51.5 Å². The molecule has 0 aliphatic carbocycles. The van der Waals surface area contributed by atoms with E-state index in [1.54, 1.807) is 0 Å². The molecule has 0 radical (unpaired) electrons. The number of nitrogens with one attached hydrogen (secondary N) is 1. The van der Waals surface area contributed by atoms with E-state index in [1.807, 2.05) is 49.0 Å².